The molecular weight excluding hydrogens is 284 g/mol. The maximum atomic E-state index is 11.3. The molecule has 1 amide bonds. The standard InChI is InChI=1S/C15H14N4OS/c1-21-15-7-9-17-13(19-15)10-11-2-4-12(5-3-11)18-14(20)6-8-16/h2-5,7,9H,6,10H2,1H3,(H,18,20). The maximum Gasteiger partial charge on any atom is 0.238 e. The van der Waals surface area contributed by atoms with E-state index in [4.69, 9.17) is 5.26 Å². The first-order chi connectivity index (χ1) is 10.2. The predicted octanol–water partition coefficient (Wildman–Crippen LogP) is 2.64. The first-order valence-electron chi connectivity index (χ1n) is 6.33. The molecule has 1 aromatic heterocycles. The molecule has 1 aromatic carbocycles. The van der Waals surface area contributed by atoms with Crippen molar-refractivity contribution < 1.29 is 4.79 Å². The molecule has 0 spiro atoms. The van der Waals surface area contributed by atoms with Gasteiger partial charge in [0, 0.05) is 18.3 Å². The largest absolute Gasteiger partial charge is 0.325 e. The van der Waals surface area contributed by atoms with Crippen LogP contribution in [0.4, 0.5) is 5.69 Å². The van der Waals surface area contributed by atoms with Crippen LogP contribution in [-0.4, -0.2) is 22.1 Å². The summed E-state index contributed by atoms with van der Waals surface area (Å²) >= 11 is 1.58. The number of carbonyl (C=O) groups is 1. The second-order valence-corrected chi connectivity index (χ2v) is 5.10. The van der Waals surface area contributed by atoms with E-state index in [2.05, 4.69) is 15.3 Å². The average Bonchev–Trinajstić information content (AvgIpc) is 2.50. The zero-order valence-corrected chi connectivity index (χ0v) is 12.4. The van der Waals surface area contributed by atoms with Crippen LogP contribution in [0.2, 0.25) is 0 Å². The third-order valence-electron chi connectivity index (χ3n) is 2.73. The number of benzene rings is 1. The van der Waals surface area contributed by atoms with Gasteiger partial charge in [0.15, 0.2) is 0 Å². The smallest absolute Gasteiger partial charge is 0.238 e. The zero-order valence-electron chi connectivity index (χ0n) is 11.5. The fourth-order valence-electron chi connectivity index (χ4n) is 1.74. The van der Waals surface area contributed by atoms with E-state index in [1.807, 2.05) is 42.7 Å². The molecule has 0 aliphatic carbocycles. The molecule has 0 radical (unpaired) electrons. The van der Waals surface area contributed by atoms with Crippen molar-refractivity contribution in [3.8, 4) is 6.07 Å². The predicted molar refractivity (Wildman–Crippen MR) is 81.9 cm³/mol. The third kappa shape index (κ3) is 4.58. The molecule has 0 aliphatic rings. The Kier molecular flexibility index (Phi) is 5.29. The molecule has 21 heavy (non-hydrogen) atoms. The van der Waals surface area contributed by atoms with Crippen LogP contribution in [-0.2, 0) is 11.2 Å². The highest BCUT2D eigenvalue weighted by molar-refractivity contribution is 7.98. The van der Waals surface area contributed by atoms with Crippen molar-refractivity contribution in [1.29, 1.82) is 5.26 Å². The zero-order chi connectivity index (χ0) is 15.1. The maximum absolute atomic E-state index is 11.3. The summed E-state index contributed by atoms with van der Waals surface area (Å²) in [6, 6.07) is 11.1. The number of rotatable bonds is 5. The SMILES string of the molecule is CSc1ccnc(Cc2ccc(NC(=O)CC#N)cc2)n1. The summed E-state index contributed by atoms with van der Waals surface area (Å²) in [6.45, 7) is 0. The van der Waals surface area contributed by atoms with Crippen LogP contribution in [0, 0.1) is 11.3 Å². The first kappa shape index (κ1) is 15.0. The van der Waals surface area contributed by atoms with Crippen LogP contribution in [0.5, 0.6) is 0 Å². The van der Waals surface area contributed by atoms with Gasteiger partial charge in [-0.15, -0.1) is 11.8 Å². The van der Waals surface area contributed by atoms with Crippen molar-refractivity contribution in [3.05, 3.63) is 47.9 Å². The van der Waals surface area contributed by atoms with E-state index in [0.717, 1.165) is 16.4 Å². The van der Waals surface area contributed by atoms with Crippen molar-refractivity contribution >= 4 is 23.4 Å². The van der Waals surface area contributed by atoms with Gasteiger partial charge in [0.25, 0.3) is 0 Å². The Morgan fingerprint density at radius 3 is 2.76 bits per heavy atom. The number of thioether (sulfide) groups is 1. The van der Waals surface area contributed by atoms with E-state index in [1.54, 1.807) is 18.0 Å². The minimum atomic E-state index is -0.304. The Balaban J connectivity index is 2.02. The van der Waals surface area contributed by atoms with Gasteiger partial charge in [-0.25, -0.2) is 9.97 Å². The molecule has 0 bridgehead atoms. The number of nitrogens with one attached hydrogen (secondary N) is 1. The van der Waals surface area contributed by atoms with Crippen molar-refractivity contribution in [1.82, 2.24) is 9.97 Å². The molecule has 1 N–H and O–H groups in total. The molecular formula is C15H14N4OS. The molecule has 0 fully saturated rings. The summed E-state index contributed by atoms with van der Waals surface area (Å²) in [6.07, 6.45) is 4.23. The fraction of sp³-hybridized carbons (Fsp3) is 0.200. The summed E-state index contributed by atoms with van der Waals surface area (Å²) < 4.78 is 0. The lowest BCUT2D eigenvalue weighted by Crippen LogP contribution is -2.09. The van der Waals surface area contributed by atoms with Crippen molar-refractivity contribution in [3.63, 3.8) is 0 Å². The van der Waals surface area contributed by atoms with Crippen molar-refractivity contribution in [2.75, 3.05) is 11.6 Å². The number of anilines is 1. The molecule has 0 unspecified atom stereocenters. The molecule has 2 rings (SSSR count). The number of amides is 1. The highest BCUT2D eigenvalue weighted by Crippen LogP contribution is 2.14. The van der Waals surface area contributed by atoms with Crippen molar-refractivity contribution in [2.45, 2.75) is 17.9 Å². The number of hydrogen-bond donors (Lipinski definition) is 1. The lowest BCUT2D eigenvalue weighted by Gasteiger charge is -2.05. The van der Waals surface area contributed by atoms with Gasteiger partial charge in [0.1, 0.15) is 12.2 Å². The molecule has 0 saturated heterocycles. The highest BCUT2D eigenvalue weighted by atomic mass is 32.2. The van der Waals surface area contributed by atoms with E-state index in [1.165, 1.54) is 0 Å². The van der Waals surface area contributed by atoms with Gasteiger partial charge in [-0.05, 0) is 30.0 Å². The van der Waals surface area contributed by atoms with Crippen LogP contribution in [0.1, 0.15) is 17.8 Å². The normalized spacial score (nSPS) is 9.90. The molecule has 6 heteroatoms. The summed E-state index contributed by atoms with van der Waals surface area (Å²) in [7, 11) is 0. The van der Waals surface area contributed by atoms with Gasteiger partial charge in [-0.2, -0.15) is 5.26 Å². The number of aromatic nitrogens is 2. The minimum absolute atomic E-state index is 0.142. The second-order valence-electron chi connectivity index (χ2n) is 4.27. The van der Waals surface area contributed by atoms with Gasteiger partial charge in [-0.1, -0.05) is 12.1 Å². The second kappa shape index (κ2) is 7.41. The Morgan fingerprint density at radius 1 is 1.33 bits per heavy atom. The van der Waals surface area contributed by atoms with E-state index in [9.17, 15) is 4.79 Å². The van der Waals surface area contributed by atoms with Crippen LogP contribution in [0.25, 0.3) is 0 Å². The first-order valence-corrected chi connectivity index (χ1v) is 7.55. The van der Waals surface area contributed by atoms with Gasteiger partial charge in [0.05, 0.1) is 11.1 Å². The Morgan fingerprint density at radius 2 is 2.10 bits per heavy atom. The van der Waals surface area contributed by atoms with Crippen LogP contribution < -0.4 is 5.32 Å². The molecule has 106 valence electrons. The van der Waals surface area contributed by atoms with Gasteiger partial charge >= 0.3 is 0 Å². The molecule has 0 atom stereocenters. The summed E-state index contributed by atoms with van der Waals surface area (Å²) in [5.74, 6) is 0.462. The number of carbonyl (C=O) groups excluding carboxylic acids is 1. The number of hydrogen-bond acceptors (Lipinski definition) is 5. The molecule has 0 saturated carbocycles. The van der Waals surface area contributed by atoms with Gasteiger partial charge in [-0.3, -0.25) is 4.79 Å². The average molecular weight is 298 g/mol. The molecule has 0 aliphatic heterocycles. The Labute approximate surface area is 127 Å². The van der Waals surface area contributed by atoms with Crippen LogP contribution in [0.15, 0.2) is 41.6 Å². The molecule has 2 aromatic rings. The lowest BCUT2D eigenvalue weighted by molar-refractivity contribution is -0.115. The molecule has 5 nitrogen and oxygen atoms in total. The van der Waals surface area contributed by atoms with Crippen LogP contribution in [0.3, 0.4) is 0 Å². The Hall–Kier alpha value is -2.39. The van der Waals surface area contributed by atoms with E-state index >= 15 is 0 Å². The number of nitrogens with zero attached hydrogens (tertiary/aromatic N) is 3. The quantitative estimate of drug-likeness (QED) is 0.678. The highest BCUT2D eigenvalue weighted by Gasteiger charge is 2.03. The van der Waals surface area contributed by atoms with Crippen molar-refractivity contribution in [2.24, 2.45) is 0 Å². The van der Waals surface area contributed by atoms with Gasteiger partial charge < -0.3 is 5.32 Å². The van der Waals surface area contributed by atoms with Gasteiger partial charge in [0.2, 0.25) is 5.91 Å². The van der Waals surface area contributed by atoms with E-state index in [-0.39, 0.29) is 12.3 Å². The molecule has 1 heterocycles. The van der Waals surface area contributed by atoms with Crippen LogP contribution >= 0.6 is 11.8 Å². The summed E-state index contributed by atoms with van der Waals surface area (Å²) in [5, 5.41) is 12.0. The monoisotopic (exact) mass is 298 g/mol. The van der Waals surface area contributed by atoms with E-state index in [0.29, 0.717) is 12.1 Å². The van der Waals surface area contributed by atoms with E-state index < -0.39 is 0 Å². The summed E-state index contributed by atoms with van der Waals surface area (Å²) in [5.41, 5.74) is 1.74. The topological polar surface area (TPSA) is 78.7 Å². The minimum Gasteiger partial charge on any atom is -0.325 e. The summed E-state index contributed by atoms with van der Waals surface area (Å²) in [4.78, 5) is 20.0. The Bertz CT molecular complexity index is 664. The lowest BCUT2D eigenvalue weighted by atomic mass is 10.1. The number of nitriles is 1. The third-order valence-corrected chi connectivity index (χ3v) is 3.37. The fourth-order valence-corrected chi connectivity index (χ4v) is 2.14.